The van der Waals surface area contributed by atoms with Gasteiger partial charge in [0.05, 0.1) is 18.8 Å². The number of nitrogens with zero attached hydrogens (tertiary/aromatic N) is 4. The number of benzene rings is 1. The molecule has 2 amide bonds. The highest BCUT2D eigenvalue weighted by atomic mass is 32.1. The van der Waals surface area contributed by atoms with E-state index >= 15 is 0 Å². The van der Waals surface area contributed by atoms with E-state index in [9.17, 15) is 9.59 Å². The fourth-order valence-electron chi connectivity index (χ4n) is 5.81. The van der Waals surface area contributed by atoms with E-state index in [1.807, 2.05) is 16.0 Å². The first-order valence-corrected chi connectivity index (χ1v) is 15.5. The van der Waals surface area contributed by atoms with Gasteiger partial charge in [0.2, 0.25) is 11.8 Å². The number of ether oxygens (including phenoxy) is 2. The van der Waals surface area contributed by atoms with Gasteiger partial charge in [-0.1, -0.05) is 26.0 Å². The molecule has 0 bridgehead atoms. The lowest BCUT2D eigenvalue weighted by Gasteiger charge is -2.47. The molecule has 9 heteroatoms. The van der Waals surface area contributed by atoms with Gasteiger partial charge < -0.3 is 19.3 Å². The highest BCUT2D eigenvalue weighted by molar-refractivity contribution is 7.11. The van der Waals surface area contributed by atoms with Crippen LogP contribution < -0.4 is 4.74 Å². The molecule has 0 atom stereocenters. The lowest BCUT2D eigenvalue weighted by Crippen LogP contribution is -2.59. The van der Waals surface area contributed by atoms with Gasteiger partial charge in [0.1, 0.15) is 4.88 Å². The minimum Gasteiger partial charge on any atom is -0.481 e. The third-order valence-corrected chi connectivity index (χ3v) is 9.54. The number of amides is 2. The molecule has 1 spiro atoms. The maximum atomic E-state index is 12.2. The van der Waals surface area contributed by atoms with Crippen molar-refractivity contribution in [2.45, 2.75) is 58.8 Å². The number of carbonyl (C=O) groups excluding carboxylic acids is 2. The van der Waals surface area contributed by atoms with Crippen LogP contribution in [0.4, 0.5) is 0 Å². The first kappa shape index (κ1) is 29.5. The number of methoxy groups -OCH3 is 1. The van der Waals surface area contributed by atoms with E-state index < -0.39 is 0 Å². The van der Waals surface area contributed by atoms with E-state index in [1.165, 1.54) is 35.1 Å². The molecule has 3 aliphatic heterocycles. The number of aromatic nitrogens is 2. The van der Waals surface area contributed by atoms with Crippen LogP contribution in [0.5, 0.6) is 5.88 Å². The fraction of sp³-hybridized carbons (Fsp3) is 0.562. The van der Waals surface area contributed by atoms with Crippen molar-refractivity contribution in [1.29, 1.82) is 0 Å². The van der Waals surface area contributed by atoms with Gasteiger partial charge in [-0.25, -0.2) is 4.98 Å². The SMILES string of the molecule is CC(=O)N1CC2(CCN(C(=O)c3cncs3)C2)C1.CC1(C)CC1.COc1nccc2c(C3CCOCC3)cccc12. The molecule has 8 nitrogen and oxygen atoms in total. The van der Waals surface area contributed by atoms with Gasteiger partial charge in [-0.05, 0) is 66.5 Å². The van der Waals surface area contributed by atoms with Crippen molar-refractivity contribution < 1.29 is 19.1 Å². The van der Waals surface area contributed by atoms with Crippen molar-refractivity contribution in [2.24, 2.45) is 10.8 Å². The van der Waals surface area contributed by atoms with Crippen molar-refractivity contribution in [2.75, 3.05) is 46.5 Å². The smallest absolute Gasteiger partial charge is 0.265 e. The summed E-state index contributed by atoms with van der Waals surface area (Å²) < 4.78 is 10.8. The van der Waals surface area contributed by atoms with Gasteiger partial charge in [-0.3, -0.25) is 14.6 Å². The summed E-state index contributed by atoms with van der Waals surface area (Å²) in [5.74, 6) is 1.51. The zero-order valence-corrected chi connectivity index (χ0v) is 25.5. The second-order valence-corrected chi connectivity index (χ2v) is 13.4. The van der Waals surface area contributed by atoms with E-state index in [4.69, 9.17) is 9.47 Å². The molecule has 4 aliphatic rings. The van der Waals surface area contributed by atoms with Gasteiger partial charge >= 0.3 is 0 Å². The number of fused-ring (bicyclic) bond motifs is 1. The Bertz CT molecular complexity index is 1340. The molecule has 4 fully saturated rings. The molecule has 0 unspecified atom stereocenters. The van der Waals surface area contributed by atoms with Gasteiger partial charge in [0.15, 0.2) is 0 Å². The van der Waals surface area contributed by atoms with Crippen LogP contribution in [0.1, 0.15) is 74.0 Å². The standard InChI is InChI=1S/C15H17NO2.C12H15N3O2S.C5H10/c1-17-15-14-4-2-3-12(13(14)5-8-16-15)11-6-9-18-10-7-11;1-9(16)15-6-12(7-15)2-3-14(5-12)11(17)10-4-13-8-18-10;1-5(2)3-4-5/h2-5,8,11H,6-7,9-10H2,1H3;4,8H,2-3,5-7H2,1H3;3-4H2,1-2H3. The number of thiazole rings is 1. The average Bonchev–Trinajstić information content (AvgIpc) is 3.35. The lowest BCUT2D eigenvalue weighted by molar-refractivity contribution is -0.140. The third kappa shape index (κ3) is 7.07. The Labute approximate surface area is 247 Å². The van der Waals surface area contributed by atoms with E-state index in [0.29, 0.717) is 16.7 Å². The van der Waals surface area contributed by atoms with Crippen LogP contribution in [-0.2, 0) is 9.53 Å². The first-order chi connectivity index (χ1) is 19.7. The Kier molecular flexibility index (Phi) is 8.94. The topological polar surface area (TPSA) is 84.9 Å². The number of rotatable bonds is 3. The molecular formula is C32H42N4O4S. The highest BCUT2D eigenvalue weighted by Gasteiger charge is 2.49. The van der Waals surface area contributed by atoms with Crippen molar-refractivity contribution >= 4 is 33.9 Å². The third-order valence-electron chi connectivity index (χ3n) is 8.77. The van der Waals surface area contributed by atoms with Crippen LogP contribution in [-0.4, -0.2) is 78.1 Å². The zero-order valence-electron chi connectivity index (χ0n) is 24.7. The van der Waals surface area contributed by atoms with Crippen molar-refractivity contribution in [3.63, 3.8) is 0 Å². The van der Waals surface area contributed by atoms with Gasteiger partial charge in [0.25, 0.3) is 5.91 Å². The second-order valence-electron chi connectivity index (χ2n) is 12.5. The molecule has 1 aliphatic carbocycles. The van der Waals surface area contributed by atoms with Crippen molar-refractivity contribution in [1.82, 2.24) is 19.8 Å². The van der Waals surface area contributed by atoms with Crippen LogP contribution >= 0.6 is 11.3 Å². The quantitative estimate of drug-likeness (QED) is 0.392. The number of likely N-dealkylation sites (tertiary alicyclic amines) is 2. The summed E-state index contributed by atoms with van der Waals surface area (Å²) in [5.41, 5.74) is 3.99. The Morgan fingerprint density at radius 3 is 2.34 bits per heavy atom. The fourth-order valence-corrected chi connectivity index (χ4v) is 6.40. The predicted molar refractivity (Wildman–Crippen MR) is 161 cm³/mol. The van der Waals surface area contributed by atoms with Crippen LogP contribution in [0.3, 0.4) is 0 Å². The summed E-state index contributed by atoms with van der Waals surface area (Å²) in [4.78, 5) is 36.0. The summed E-state index contributed by atoms with van der Waals surface area (Å²) in [6.45, 7) is 11.1. The average molecular weight is 579 g/mol. The molecule has 1 aromatic carbocycles. The molecule has 3 saturated heterocycles. The zero-order chi connectivity index (χ0) is 29.0. The Hall–Kier alpha value is -3.04. The molecule has 5 heterocycles. The molecule has 1 saturated carbocycles. The predicted octanol–water partition coefficient (Wildman–Crippen LogP) is 5.78. The lowest BCUT2D eigenvalue weighted by atomic mass is 9.79. The molecule has 3 aromatic rings. The van der Waals surface area contributed by atoms with E-state index in [1.54, 1.807) is 25.7 Å². The van der Waals surface area contributed by atoms with Gasteiger partial charge in [-0.15, -0.1) is 11.3 Å². The molecule has 41 heavy (non-hydrogen) atoms. The van der Waals surface area contributed by atoms with Crippen LogP contribution in [0, 0.1) is 10.8 Å². The summed E-state index contributed by atoms with van der Waals surface area (Å²) in [7, 11) is 1.67. The van der Waals surface area contributed by atoms with Gasteiger partial charge in [-0.2, -0.15) is 0 Å². The van der Waals surface area contributed by atoms with E-state index in [-0.39, 0.29) is 17.2 Å². The summed E-state index contributed by atoms with van der Waals surface area (Å²) in [6.07, 6.45) is 9.56. The van der Waals surface area contributed by atoms with E-state index in [2.05, 4.69) is 48.1 Å². The van der Waals surface area contributed by atoms with E-state index in [0.717, 1.165) is 69.5 Å². The van der Waals surface area contributed by atoms with Crippen LogP contribution in [0.25, 0.3) is 10.8 Å². The van der Waals surface area contributed by atoms with Crippen LogP contribution in [0.2, 0.25) is 0 Å². The summed E-state index contributed by atoms with van der Waals surface area (Å²) in [5, 5.41) is 2.36. The first-order valence-electron chi connectivity index (χ1n) is 14.6. The number of carbonyl (C=O) groups is 2. The molecule has 0 radical (unpaired) electrons. The monoisotopic (exact) mass is 578 g/mol. The molecule has 0 N–H and O–H groups in total. The van der Waals surface area contributed by atoms with Gasteiger partial charge in [0, 0.05) is 63.3 Å². The highest BCUT2D eigenvalue weighted by Crippen LogP contribution is 2.43. The Balaban J connectivity index is 0.000000141. The minimum atomic E-state index is 0.0793. The maximum absolute atomic E-state index is 12.2. The molecule has 7 rings (SSSR count). The molecule has 2 aromatic heterocycles. The Morgan fingerprint density at radius 2 is 1.73 bits per heavy atom. The molecule has 220 valence electrons. The second kappa shape index (κ2) is 12.4. The normalized spacial score (nSPS) is 20.4. The maximum Gasteiger partial charge on any atom is 0.265 e. The van der Waals surface area contributed by atoms with Crippen LogP contribution in [0.15, 0.2) is 42.2 Å². The van der Waals surface area contributed by atoms with Crippen molar-refractivity contribution in [3.8, 4) is 5.88 Å². The summed E-state index contributed by atoms with van der Waals surface area (Å²) >= 11 is 1.38. The number of pyridine rings is 1. The molecular weight excluding hydrogens is 536 g/mol. The Morgan fingerprint density at radius 1 is 1.02 bits per heavy atom. The largest absolute Gasteiger partial charge is 0.481 e. The van der Waals surface area contributed by atoms with Crippen molar-refractivity contribution in [3.05, 3.63) is 52.6 Å². The number of hydrogen-bond acceptors (Lipinski definition) is 7. The summed E-state index contributed by atoms with van der Waals surface area (Å²) in [6, 6.07) is 8.47. The number of hydrogen-bond donors (Lipinski definition) is 0. The minimum absolute atomic E-state index is 0.0793.